The van der Waals surface area contributed by atoms with Gasteiger partial charge in [-0.1, -0.05) is 41.6 Å². The maximum absolute atomic E-state index is 12.8. The van der Waals surface area contributed by atoms with Gasteiger partial charge < -0.3 is 14.3 Å². The molecule has 0 unspecified atom stereocenters. The topological polar surface area (TPSA) is 65.7 Å². The number of piperazine rings is 1. The van der Waals surface area contributed by atoms with Crippen LogP contribution in [0.15, 0.2) is 65.3 Å². The molecule has 0 N–H and O–H groups in total. The summed E-state index contributed by atoms with van der Waals surface area (Å²) in [7, 11) is 2.02. The van der Waals surface area contributed by atoms with Gasteiger partial charge in [-0.15, -0.1) is 0 Å². The molecule has 1 fully saturated rings. The van der Waals surface area contributed by atoms with Gasteiger partial charge >= 0.3 is 0 Å². The van der Waals surface area contributed by atoms with E-state index in [1.807, 2.05) is 48.3 Å². The van der Waals surface area contributed by atoms with Crippen LogP contribution in [0.3, 0.4) is 0 Å². The summed E-state index contributed by atoms with van der Waals surface area (Å²) in [6.45, 7) is 4.21. The standard InChI is InChI=1S/C22H25N5O2/c1-25(16-18-7-3-2-4-8-18)17-19-15-20(24-29-19)22(28)27-13-11-26(12-14-27)21-9-5-6-10-23-21/h2-10,15H,11-14,16-17H2,1H3. The number of benzene rings is 1. The zero-order valence-electron chi connectivity index (χ0n) is 16.6. The molecule has 29 heavy (non-hydrogen) atoms. The van der Waals surface area contributed by atoms with Crippen molar-refractivity contribution in [2.75, 3.05) is 38.1 Å². The maximum Gasteiger partial charge on any atom is 0.276 e. The molecule has 7 nitrogen and oxygen atoms in total. The van der Waals surface area contributed by atoms with Crippen molar-refractivity contribution in [1.82, 2.24) is 19.9 Å². The molecule has 0 aliphatic carbocycles. The van der Waals surface area contributed by atoms with Crippen LogP contribution in [-0.2, 0) is 13.1 Å². The third kappa shape index (κ3) is 4.81. The highest BCUT2D eigenvalue weighted by molar-refractivity contribution is 5.92. The highest BCUT2D eigenvalue weighted by Gasteiger charge is 2.25. The van der Waals surface area contributed by atoms with E-state index in [9.17, 15) is 4.79 Å². The second-order valence-corrected chi connectivity index (χ2v) is 7.30. The third-order valence-corrected chi connectivity index (χ3v) is 5.04. The number of hydrogen-bond acceptors (Lipinski definition) is 6. The molecule has 1 aliphatic rings. The first-order valence-electron chi connectivity index (χ1n) is 9.82. The fourth-order valence-corrected chi connectivity index (χ4v) is 3.55. The van der Waals surface area contributed by atoms with Gasteiger partial charge in [-0.05, 0) is 24.7 Å². The molecule has 4 rings (SSSR count). The molecule has 2 aromatic heterocycles. The van der Waals surface area contributed by atoms with Gasteiger partial charge in [-0.25, -0.2) is 4.98 Å². The zero-order chi connectivity index (χ0) is 20.1. The van der Waals surface area contributed by atoms with Gasteiger partial charge in [0.25, 0.3) is 5.91 Å². The third-order valence-electron chi connectivity index (χ3n) is 5.04. The van der Waals surface area contributed by atoms with E-state index in [1.54, 1.807) is 12.3 Å². The number of hydrogen-bond donors (Lipinski definition) is 0. The predicted octanol–water partition coefficient (Wildman–Crippen LogP) is 2.66. The monoisotopic (exact) mass is 391 g/mol. The van der Waals surface area contributed by atoms with E-state index in [4.69, 9.17) is 4.52 Å². The number of carbonyl (C=O) groups is 1. The Bertz CT molecular complexity index is 921. The van der Waals surface area contributed by atoms with Crippen LogP contribution in [-0.4, -0.2) is 59.1 Å². The molecule has 1 aliphatic heterocycles. The number of anilines is 1. The van der Waals surface area contributed by atoms with Crippen molar-refractivity contribution in [3.63, 3.8) is 0 Å². The van der Waals surface area contributed by atoms with E-state index in [-0.39, 0.29) is 5.91 Å². The minimum atomic E-state index is -0.0774. The van der Waals surface area contributed by atoms with Crippen LogP contribution in [0.1, 0.15) is 21.8 Å². The van der Waals surface area contributed by atoms with Gasteiger partial charge in [0.05, 0.1) is 6.54 Å². The Labute approximate surface area is 170 Å². The van der Waals surface area contributed by atoms with Gasteiger partial charge in [0.1, 0.15) is 5.82 Å². The molecule has 0 bridgehead atoms. The maximum atomic E-state index is 12.8. The molecule has 0 radical (unpaired) electrons. The van der Waals surface area contributed by atoms with E-state index in [2.05, 4.69) is 32.1 Å². The Morgan fingerprint density at radius 2 is 1.79 bits per heavy atom. The van der Waals surface area contributed by atoms with Crippen molar-refractivity contribution in [2.45, 2.75) is 13.1 Å². The molecule has 1 saturated heterocycles. The average molecular weight is 391 g/mol. The number of aromatic nitrogens is 2. The van der Waals surface area contributed by atoms with Crippen LogP contribution in [0.25, 0.3) is 0 Å². The van der Waals surface area contributed by atoms with E-state index >= 15 is 0 Å². The number of pyridine rings is 1. The van der Waals surface area contributed by atoms with Crippen LogP contribution in [0.4, 0.5) is 5.82 Å². The lowest BCUT2D eigenvalue weighted by atomic mass is 10.2. The average Bonchev–Trinajstić information content (AvgIpc) is 3.23. The minimum Gasteiger partial charge on any atom is -0.359 e. The van der Waals surface area contributed by atoms with Gasteiger partial charge in [0.15, 0.2) is 11.5 Å². The summed E-state index contributed by atoms with van der Waals surface area (Å²) in [4.78, 5) is 23.3. The number of rotatable bonds is 6. The minimum absolute atomic E-state index is 0.0774. The summed E-state index contributed by atoms with van der Waals surface area (Å²) in [5, 5.41) is 4.01. The van der Waals surface area contributed by atoms with Crippen LogP contribution in [0.5, 0.6) is 0 Å². The van der Waals surface area contributed by atoms with Gasteiger partial charge in [-0.3, -0.25) is 9.69 Å². The molecule has 0 saturated carbocycles. The summed E-state index contributed by atoms with van der Waals surface area (Å²) in [5.74, 6) is 1.56. The van der Waals surface area contributed by atoms with Crippen molar-refractivity contribution in [1.29, 1.82) is 0 Å². The van der Waals surface area contributed by atoms with E-state index < -0.39 is 0 Å². The first kappa shape index (κ1) is 19.1. The zero-order valence-corrected chi connectivity index (χ0v) is 16.6. The summed E-state index contributed by atoms with van der Waals surface area (Å²) < 4.78 is 5.42. The summed E-state index contributed by atoms with van der Waals surface area (Å²) in [6, 6.07) is 17.9. The van der Waals surface area contributed by atoms with Crippen molar-refractivity contribution >= 4 is 11.7 Å². The Morgan fingerprint density at radius 3 is 2.52 bits per heavy atom. The first-order chi connectivity index (χ1) is 14.2. The van der Waals surface area contributed by atoms with E-state index in [1.165, 1.54) is 5.56 Å². The summed E-state index contributed by atoms with van der Waals surface area (Å²) in [6.07, 6.45) is 1.79. The summed E-state index contributed by atoms with van der Waals surface area (Å²) in [5.41, 5.74) is 1.61. The molecule has 3 aromatic rings. The lowest BCUT2D eigenvalue weighted by molar-refractivity contribution is 0.0736. The quantitative estimate of drug-likeness (QED) is 0.644. The van der Waals surface area contributed by atoms with Gasteiger partial charge in [0, 0.05) is 45.0 Å². The SMILES string of the molecule is CN(Cc1ccccc1)Cc1cc(C(=O)N2CCN(c3ccccn3)CC2)no1. The molecule has 0 spiro atoms. The van der Waals surface area contributed by atoms with E-state index in [0.717, 1.165) is 25.5 Å². The molecule has 150 valence electrons. The lowest BCUT2D eigenvalue weighted by Gasteiger charge is -2.34. The van der Waals surface area contributed by atoms with Crippen molar-refractivity contribution < 1.29 is 9.32 Å². The highest BCUT2D eigenvalue weighted by Crippen LogP contribution is 2.15. The molecule has 1 aromatic carbocycles. The molecule has 3 heterocycles. The lowest BCUT2D eigenvalue weighted by Crippen LogP contribution is -2.49. The molecule has 1 amide bonds. The Morgan fingerprint density at radius 1 is 1.03 bits per heavy atom. The van der Waals surface area contributed by atoms with Gasteiger partial charge in [-0.2, -0.15) is 0 Å². The molecular weight excluding hydrogens is 366 g/mol. The van der Waals surface area contributed by atoms with Crippen LogP contribution >= 0.6 is 0 Å². The Balaban J connectivity index is 1.30. The van der Waals surface area contributed by atoms with Crippen molar-refractivity contribution in [2.24, 2.45) is 0 Å². The fraction of sp³-hybridized carbons (Fsp3) is 0.318. The summed E-state index contributed by atoms with van der Waals surface area (Å²) >= 11 is 0. The van der Waals surface area contributed by atoms with Crippen LogP contribution < -0.4 is 4.90 Å². The van der Waals surface area contributed by atoms with Crippen LogP contribution in [0.2, 0.25) is 0 Å². The molecule has 0 atom stereocenters. The number of amides is 1. The largest absolute Gasteiger partial charge is 0.359 e. The molecule has 7 heteroatoms. The second kappa shape index (κ2) is 8.87. The van der Waals surface area contributed by atoms with Crippen LogP contribution in [0, 0.1) is 0 Å². The second-order valence-electron chi connectivity index (χ2n) is 7.30. The Hall–Kier alpha value is -3.19. The van der Waals surface area contributed by atoms with E-state index in [0.29, 0.717) is 31.1 Å². The van der Waals surface area contributed by atoms with Crippen molar-refractivity contribution in [3.05, 3.63) is 77.8 Å². The smallest absolute Gasteiger partial charge is 0.276 e. The predicted molar refractivity (Wildman–Crippen MR) is 110 cm³/mol. The number of nitrogens with zero attached hydrogens (tertiary/aromatic N) is 5. The normalized spacial score (nSPS) is 14.4. The first-order valence-corrected chi connectivity index (χ1v) is 9.82. The molecular formula is C22H25N5O2. The fourth-order valence-electron chi connectivity index (χ4n) is 3.55. The van der Waals surface area contributed by atoms with Crippen molar-refractivity contribution in [3.8, 4) is 0 Å². The Kier molecular flexibility index (Phi) is 5.86. The number of carbonyl (C=O) groups excluding carboxylic acids is 1. The highest BCUT2D eigenvalue weighted by atomic mass is 16.5. The van der Waals surface area contributed by atoms with Gasteiger partial charge in [0.2, 0.25) is 0 Å².